The second-order valence-electron chi connectivity index (χ2n) is 4.52. The first-order chi connectivity index (χ1) is 8.11. The summed E-state index contributed by atoms with van der Waals surface area (Å²) in [7, 11) is 1.38. The molecule has 4 nitrogen and oxygen atoms in total. The van der Waals surface area contributed by atoms with Gasteiger partial charge in [-0.2, -0.15) is 0 Å². The number of allylic oxidation sites excluding steroid dienone is 2. The summed E-state index contributed by atoms with van der Waals surface area (Å²) in [5.41, 5.74) is 0.224. The molecular formula is C13H18O4. The van der Waals surface area contributed by atoms with Crippen molar-refractivity contribution in [2.45, 2.75) is 44.3 Å². The minimum atomic E-state index is -0.863. The summed E-state index contributed by atoms with van der Waals surface area (Å²) in [6.45, 7) is 1.91. The molecule has 1 aliphatic heterocycles. The number of carbonyl (C=O) groups is 1. The number of carbonyl (C=O) groups excluding carboxylic acids is 1. The molecule has 0 saturated carbocycles. The van der Waals surface area contributed by atoms with Crippen molar-refractivity contribution in [2.75, 3.05) is 7.11 Å². The van der Waals surface area contributed by atoms with Crippen molar-refractivity contribution in [2.24, 2.45) is 0 Å². The molecule has 1 heterocycles. The smallest absolute Gasteiger partial charge is 0.350 e. The maximum Gasteiger partial charge on any atom is 0.350 e. The van der Waals surface area contributed by atoms with E-state index >= 15 is 0 Å². The Morgan fingerprint density at radius 2 is 2.47 bits per heavy atom. The quantitative estimate of drug-likeness (QED) is 0.744. The van der Waals surface area contributed by atoms with E-state index in [1.165, 1.54) is 7.11 Å². The third kappa shape index (κ3) is 2.09. The molecule has 1 N–H and O–H groups in total. The van der Waals surface area contributed by atoms with E-state index in [-0.39, 0.29) is 5.97 Å². The van der Waals surface area contributed by atoms with Crippen molar-refractivity contribution in [3.8, 4) is 0 Å². The van der Waals surface area contributed by atoms with E-state index in [0.29, 0.717) is 19.3 Å². The number of aliphatic hydroxyl groups excluding tert-OH is 1. The first-order valence-corrected chi connectivity index (χ1v) is 5.97. The van der Waals surface area contributed by atoms with Crippen LogP contribution in [0.2, 0.25) is 0 Å². The highest BCUT2D eigenvalue weighted by molar-refractivity contribution is 5.80. The monoisotopic (exact) mass is 238 g/mol. The summed E-state index contributed by atoms with van der Waals surface area (Å²) in [6, 6.07) is 0. The SMILES string of the molecule is CC[C@@]1(C(=O)OC)CCC2=C(CC(O)C=C2)O1. The third-order valence-corrected chi connectivity index (χ3v) is 3.52. The number of hydrogen-bond acceptors (Lipinski definition) is 4. The highest BCUT2D eigenvalue weighted by Crippen LogP contribution is 2.38. The largest absolute Gasteiger partial charge is 0.480 e. The average Bonchev–Trinajstić information content (AvgIpc) is 2.36. The molecule has 0 amide bonds. The molecule has 4 heteroatoms. The van der Waals surface area contributed by atoms with Crippen LogP contribution in [0.3, 0.4) is 0 Å². The van der Waals surface area contributed by atoms with Crippen LogP contribution in [0.4, 0.5) is 0 Å². The van der Waals surface area contributed by atoms with Crippen LogP contribution >= 0.6 is 0 Å². The molecule has 2 aliphatic rings. The van der Waals surface area contributed by atoms with E-state index in [1.807, 2.05) is 13.0 Å². The Balaban J connectivity index is 2.24. The molecule has 1 aliphatic carbocycles. The van der Waals surface area contributed by atoms with Gasteiger partial charge < -0.3 is 14.6 Å². The fourth-order valence-corrected chi connectivity index (χ4v) is 2.39. The highest BCUT2D eigenvalue weighted by atomic mass is 16.6. The van der Waals surface area contributed by atoms with Crippen LogP contribution in [0.1, 0.15) is 32.6 Å². The first kappa shape index (κ1) is 12.2. The lowest BCUT2D eigenvalue weighted by molar-refractivity contribution is -0.168. The van der Waals surface area contributed by atoms with Gasteiger partial charge in [0.1, 0.15) is 5.76 Å². The molecule has 0 aromatic carbocycles. The predicted molar refractivity (Wildman–Crippen MR) is 62.1 cm³/mol. The summed E-state index contributed by atoms with van der Waals surface area (Å²) in [5.74, 6) is 0.411. The lowest BCUT2D eigenvalue weighted by atomic mass is 9.86. The van der Waals surface area contributed by atoms with Gasteiger partial charge in [0.05, 0.1) is 13.2 Å². The number of aliphatic hydroxyl groups is 1. The van der Waals surface area contributed by atoms with Gasteiger partial charge in [-0.1, -0.05) is 19.1 Å². The normalized spacial score (nSPS) is 31.8. The van der Waals surface area contributed by atoms with Gasteiger partial charge in [0.15, 0.2) is 0 Å². The van der Waals surface area contributed by atoms with E-state index < -0.39 is 11.7 Å². The Morgan fingerprint density at radius 3 is 3.12 bits per heavy atom. The molecule has 0 aromatic heterocycles. The van der Waals surface area contributed by atoms with Crippen LogP contribution in [0, 0.1) is 0 Å². The standard InChI is InChI=1S/C13H18O4/c1-3-13(12(15)16-2)7-6-9-4-5-10(14)8-11(9)17-13/h4-5,10,14H,3,6-8H2,1-2H3/t10?,13-/m0/s1. The van der Waals surface area contributed by atoms with Crippen molar-refractivity contribution in [3.05, 3.63) is 23.5 Å². The van der Waals surface area contributed by atoms with Gasteiger partial charge in [-0.25, -0.2) is 4.79 Å². The molecule has 1 unspecified atom stereocenters. The second kappa shape index (κ2) is 4.53. The predicted octanol–water partition coefficient (Wildman–Crippen LogP) is 1.69. The second-order valence-corrected chi connectivity index (χ2v) is 4.52. The van der Waals surface area contributed by atoms with Gasteiger partial charge in [0.2, 0.25) is 5.60 Å². The van der Waals surface area contributed by atoms with Crippen LogP contribution in [-0.2, 0) is 14.3 Å². The molecule has 2 atom stereocenters. The molecule has 0 fully saturated rings. The average molecular weight is 238 g/mol. The molecule has 0 aromatic rings. The molecular weight excluding hydrogens is 220 g/mol. The van der Waals surface area contributed by atoms with Crippen LogP contribution in [0.15, 0.2) is 23.5 Å². The van der Waals surface area contributed by atoms with Crippen molar-refractivity contribution in [3.63, 3.8) is 0 Å². The Kier molecular flexibility index (Phi) is 3.24. The maximum atomic E-state index is 11.8. The van der Waals surface area contributed by atoms with Crippen LogP contribution in [0.5, 0.6) is 0 Å². The molecule has 0 spiro atoms. The number of ether oxygens (including phenoxy) is 2. The van der Waals surface area contributed by atoms with Gasteiger partial charge in [-0.05, 0) is 18.4 Å². The molecule has 94 valence electrons. The Bertz CT molecular complexity index is 383. The zero-order valence-electron chi connectivity index (χ0n) is 10.2. The molecule has 0 saturated heterocycles. The summed E-state index contributed by atoms with van der Waals surface area (Å²) < 4.78 is 10.7. The maximum absolute atomic E-state index is 11.8. The number of hydrogen-bond donors (Lipinski definition) is 1. The van der Waals surface area contributed by atoms with Crippen LogP contribution < -0.4 is 0 Å². The molecule has 17 heavy (non-hydrogen) atoms. The van der Waals surface area contributed by atoms with E-state index in [0.717, 1.165) is 17.8 Å². The number of esters is 1. The fourth-order valence-electron chi connectivity index (χ4n) is 2.39. The van der Waals surface area contributed by atoms with Gasteiger partial charge in [-0.15, -0.1) is 0 Å². The molecule has 0 bridgehead atoms. The van der Waals surface area contributed by atoms with Crippen LogP contribution in [-0.4, -0.2) is 29.9 Å². The Morgan fingerprint density at radius 1 is 1.71 bits per heavy atom. The third-order valence-electron chi connectivity index (χ3n) is 3.52. The minimum Gasteiger partial charge on any atom is -0.480 e. The van der Waals surface area contributed by atoms with E-state index in [1.54, 1.807) is 6.08 Å². The summed E-state index contributed by atoms with van der Waals surface area (Å²) in [5, 5.41) is 9.57. The topological polar surface area (TPSA) is 55.8 Å². The van der Waals surface area contributed by atoms with Gasteiger partial charge in [0, 0.05) is 12.8 Å². The highest BCUT2D eigenvalue weighted by Gasteiger charge is 2.44. The minimum absolute atomic E-state index is 0.324. The summed E-state index contributed by atoms with van der Waals surface area (Å²) in [6.07, 6.45) is 5.59. The zero-order valence-corrected chi connectivity index (χ0v) is 10.2. The summed E-state index contributed by atoms with van der Waals surface area (Å²) >= 11 is 0. The lowest BCUT2D eigenvalue weighted by Crippen LogP contribution is -2.44. The van der Waals surface area contributed by atoms with E-state index in [4.69, 9.17) is 9.47 Å². The molecule has 2 rings (SSSR count). The van der Waals surface area contributed by atoms with Gasteiger partial charge >= 0.3 is 5.97 Å². The number of methoxy groups -OCH3 is 1. The fraction of sp³-hybridized carbons (Fsp3) is 0.615. The van der Waals surface area contributed by atoms with Gasteiger partial charge in [0.25, 0.3) is 0 Å². The Hall–Kier alpha value is -1.29. The Labute approximate surface area is 101 Å². The van der Waals surface area contributed by atoms with Gasteiger partial charge in [-0.3, -0.25) is 0 Å². The first-order valence-electron chi connectivity index (χ1n) is 5.97. The molecule has 0 radical (unpaired) electrons. The van der Waals surface area contributed by atoms with Crippen molar-refractivity contribution in [1.82, 2.24) is 0 Å². The zero-order chi connectivity index (χ0) is 12.5. The van der Waals surface area contributed by atoms with Crippen molar-refractivity contribution >= 4 is 5.97 Å². The lowest BCUT2D eigenvalue weighted by Gasteiger charge is -2.38. The van der Waals surface area contributed by atoms with E-state index in [9.17, 15) is 9.90 Å². The van der Waals surface area contributed by atoms with Crippen molar-refractivity contribution < 1.29 is 19.4 Å². The van der Waals surface area contributed by atoms with Crippen LogP contribution in [0.25, 0.3) is 0 Å². The van der Waals surface area contributed by atoms with E-state index in [2.05, 4.69) is 0 Å². The van der Waals surface area contributed by atoms with Crippen molar-refractivity contribution in [1.29, 1.82) is 0 Å². The summed E-state index contributed by atoms with van der Waals surface area (Å²) in [4.78, 5) is 11.8. The number of rotatable bonds is 2.